The van der Waals surface area contributed by atoms with E-state index in [1.807, 2.05) is 22.4 Å². The van der Waals surface area contributed by atoms with Gasteiger partial charge in [0.2, 0.25) is 5.91 Å². The molecule has 29 heavy (non-hydrogen) atoms. The summed E-state index contributed by atoms with van der Waals surface area (Å²) in [5.74, 6) is 0.876. The lowest BCUT2D eigenvalue weighted by Crippen LogP contribution is -2.48. The molecular formula is C23H32N4OS. The Kier molecular flexibility index (Phi) is 6.32. The number of aromatic nitrogens is 1. The molecule has 0 saturated carbocycles. The van der Waals surface area contributed by atoms with Crippen molar-refractivity contribution in [3.8, 4) is 10.4 Å². The van der Waals surface area contributed by atoms with Gasteiger partial charge in [-0.25, -0.2) is 4.98 Å². The summed E-state index contributed by atoms with van der Waals surface area (Å²) in [7, 11) is 2.11. The van der Waals surface area contributed by atoms with E-state index in [1.165, 1.54) is 21.0 Å². The van der Waals surface area contributed by atoms with Crippen LogP contribution in [0.1, 0.15) is 36.8 Å². The molecule has 0 bridgehead atoms. The van der Waals surface area contributed by atoms with Crippen molar-refractivity contribution in [1.82, 2.24) is 19.7 Å². The second kappa shape index (κ2) is 8.94. The van der Waals surface area contributed by atoms with Gasteiger partial charge in [-0.3, -0.25) is 9.69 Å². The van der Waals surface area contributed by atoms with Crippen LogP contribution < -0.4 is 0 Å². The van der Waals surface area contributed by atoms with E-state index in [1.54, 1.807) is 0 Å². The lowest BCUT2D eigenvalue weighted by Gasteiger charge is -2.41. The summed E-state index contributed by atoms with van der Waals surface area (Å²) in [5, 5.41) is 1.26. The van der Waals surface area contributed by atoms with Crippen molar-refractivity contribution in [2.75, 3.05) is 46.3 Å². The fourth-order valence-electron chi connectivity index (χ4n) is 4.00. The van der Waals surface area contributed by atoms with Crippen molar-refractivity contribution in [3.63, 3.8) is 0 Å². The van der Waals surface area contributed by atoms with Crippen LogP contribution in [0.5, 0.6) is 0 Å². The van der Waals surface area contributed by atoms with Gasteiger partial charge in [0.05, 0.1) is 9.88 Å². The molecule has 0 atom stereocenters. The van der Waals surface area contributed by atoms with Crippen molar-refractivity contribution in [3.05, 3.63) is 41.0 Å². The first-order valence-corrected chi connectivity index (χ1v) is 11.6. The highest BCUT2D eigenvalue weighted by Gasteiger charge is 2.31. The molecule has 0 radical (unpaired) electrons. The zero-order valence-electron chi connectivity index (χ0n) is 17.8. The van der Waals surface area contributed by atoms with E-state index in [9.17, 15) is 4.79 Å². The number of thiazole rings is 1. The number of benzene rings is 1. The predicted molar refractivity (Wildman–Crippen MR) is 119 cm³/mol. The zero-order chi connectivity index (χ0) is 20.4. The molecule has 4 rings (SSSR count). The van der Waals surface area contributed by atoms with Crippen LogP contribution in [0.3, 0.4) is 0 Å². The van der Waals surface area contributed by atoms with E-state index in [4.69, 9.17) is 0 Å². The number of aryl methyl sites for hydroxylation is 1. The number of amides is 1. The average molecular weight is 413 g/mol. The molecule has 1 aromatic carbocycles. The Morgan fingerprint density at radius 1 is 1.14 bits per heavy atom. The predicted octanol–water partition coefficient (Wildman–Crippen LogP) is 3.32. The van der Waals surface area contributed by atoms with E-state index in [0.717, 1.165) is 45.7 Å². The third-order valence-electron chi connectivity index (χ3n) is 6.23. The van der Waals surface area contributed by atoms with Gasteiger partial charge in [0.1, 0.15) is 0 Å². The first kappa shape index (κ1) is 20.5. The Morgan fingerprint density at radius 2 is 1.83 bits per heavy atom. The minimum atomic E-state index is 0.283. The Labute approximate surface area is 178 Å². The van der Waals surface area contributed by atoms with Crippen LogP contribution in [-0.4, -0.2) is 77.9 Å². The molecule has 2 aliphatic heterocycles. The van der Waals surface area contributed by atoms with Gasteiger partial charge in [0.15, 0.2) is 0 Å². The van der Waals surface area contributed by atoms with Gasteiger partial charge >= 0.3 is 0 Å². The topological polar surface area (TPSA) is 39.7 Å². The van der Waals surface area contributed by atoms with Crippen LogP contribution in [0, 0.1) is 0 Å². The number of likely N-dealkylation sites (N-methyl/N-ethyl adjacent to an activating group) is 1. The smallest absolute Gasteiger partial charge is 0.222 e. The number of nitrogens with zero attached hydrogens (tertiary/aromatic N) is 4. The Hall–Kier alpha value is -1.76. The van der Waals surface area contributed by atoms with Crippen LogP contribution in [-0.2, 0) is 11.2 Å². The van der Waals surface area contributed by atoms with Crippen molar-refractivity contribution in [1.29, 1.82) is 0 Å². The first-order valence-electron chi connectivity index (χ1n) is 10.7. The van der Waals surface area contributed by atoms with Gasteiger partial charge in [0.25, 0.3) is 0 Å². The standard InChI is InChI=1S/C23H32N4OS/c1-17(2)27-15-20(16-27)23-24-14-21(29-23)19-7-4-18(5-8-19)6-9-22(28)26-12-10-25(3)11-13-26/h4-5,7-8,14,17,20H,6,9-13,15-16H2,1-3H3. The van der Waals surface area contributed by atoms with Crippen molar-refractivity contribution in [2.24, 2.45) is 0 Å². The highest BCUT2D eigenvalue weighted by molar-refractivity contribution is 7.15. The second-order valence-corrected chi connectivity index (χ2v) is 9.75. The lowest BCUT2D eigenvalue weighted by molar-refractivity contribution is -0.132. The van der Waals surface area contributed by atoms with Crippen LogP contribution in [0.2, 0.25) is 0 Å². The zero-order valence-corrected chi connectivity index (χ0v) is 18.6. The number of hydrogen-bond acceptors (Lipinski definition) is 5. The average Bonchev–Trinajstić information content (AvgIpc) is 3.15. The second-order valence-electron chi connectivity index (χ2n) is 8.69. The Bertz CT molecular complexity index is 818. The minimum Gasteiger partial charge on any atom is -0.340 e. The third-order valence-corrected chi connectivity index (χ3v) is 7.44. The maximum atomic E-state index is 12.4. The largest absolute Gasteiger partial charge is 0.340 e. The highest BCUT2D eigenvalue weighted by Crippen LogP contribution is 2.35. The molecule has 0 aliphatic carbocycles. The molecule has 5 nitrogen and oxygen atoms in total. The highest BCUT2D eigenvalue weighted by atomic mass is 32.1. The monoisotopic (exact) mass is 412 g/mol. The fraction of sp³-hybridized carbons (Fsp3) is 0.565. The van der Waals surface area contributed by atoms with Gasteiger partial charge in [0, 0.05) is 63.8 Å². The van der Waals surface area contributed by atoms with Gasteiger partial charge in [-0.05, 0) is 38.4 Å². The van der Waals surface area contributed by atoms with E-state index in [0.29, 0.717) is 18.4 Å². The molecule has 3 heterocycles. The number of rotatable bonds is 6. The summed E-state index contributed by atoms with van der Waals surface area (Å²) in [6.07, 6.45) is 3.43. The molecule has 2 aliphatic rings. The minimum absolute atomic E-state index is 0.283. The lowest BCUT2D eigenvalue weighted by atomic mass is 9.99. The summed E-state index contributed by atoms with van der Waals surface area (Å²) in [6, 6.07) is 9.30. The van der Waals surface area contributed by atoms with Crippen molar-refractivity contribution >= 4 is 17.2 Å². The van der Waals surface area contributed by atoms with Crippen molar-refractivity contribution < 1.29 is 4.79 Å². The SMILES string of the molecule is CC(C)N1CC(c2ncc(-c3ccc(CCC(=O)N4CCN(C)CC4)cc3)s2)C1. The summed E-state index contributed by atoms with van der Waals surface area (Å²) in [6.45, 7) is 10.4. The molecule has 156 valence electrons. The maximum Gasteiger partial charge on any atom is 0.222 e. The van der Waals surface area contributed by atoms with E-state index in [-0.39, 0.29) is 5.91 Å². The first-order chi connectivity index (χ1) is 14.0. The van der Waals surface area contributed by atoms with Gasteiger partial charge in [-0.1, -0.05) is 24.3 Å². The Morgan fingerprint density at radius 3 is 2.48 bits per heavy atom. The summed E-state index contributed by atoms with van der Waals surface area (Å²) < 4.78 is 0. The maximum absolute atomic E-state index is 12.4. The summed E-state index contributed by atoms with van der Waals surface area (Å²) in [5.41, 5.74) is 2.45. The fourth-order valence-corrected chi connectivity index (χ4v) is 5.01. The molecule has 2 aromatic rings. The van der Waals surface area contributed by atoms with E-state index < -0.39 is 0 Å². The number of carbonyl (C=O) groups excluding carboxylic acids is 1. The van der Waals surface area contributed by atoms with Gasteiger partial charge in [-0.2, -0.15) is 0 Å². The van der Waals surface area contributed by atoms with Crippen LogP contribution in [0.25, 0.3) is 10.4 Å². The normalized spacial score (nSPS) is 19.0. The molecule has 2 saturated heterocycles. The molecule has 1 amide bonds. The third kappa shape index (κ3) is 4.87. The van der Waals surface area contributed by atoms with Crippen LogP contribution >= 0.6 is 11.3 Å². The molecule has 0 spiro atoms. The summed E-state index contributed by atoms with van der Waals surface area (Å²) in [4.78, 5) is 25.1. The molecule has 0 N–H and O–H groups in total. The molecule has 1 aromatic heterocycles. The number of hydrogen-bond donors (Lipinski definition) is 0. The Balaban J connectivity index is 1.29. The molecule has 2 fully saturated rings. The van der Waals surface area contributed by atoms with Crippen LogP contribution in [0.15, 0.2) is 30.5 Å². The van der Waals surface area contributed by atoms with Gasteiger partial charge < -0.3 is 9.80 Å². The molecular weight excluding hydrogens is 380 g/mol. The number of likely N-dealkylation sites (tertiary alicyclic amines) is 1. The van der Waals surface area contributed by atoms with Gasteiger partial charge in [-0.15, -0.1) is 11.3 Å². The number of carbonyl (C=O) groups is 1. The quantitative estimate of drug-likeness (QED) is 0.730. The summed E-state index contributed by atoms with van der Waals surface area (Å²) >= 11 is 1.82. The van der Waals surface area contributed by atoms with Crippen molar-refractivity contribution in [2.45, 2.75) is 38.6 Å². The van der Waals surface area contributed by atoms with Crippen LogP contribution in [0.4, 0.5) is 0 Å². The number of piperazine rings is 1. The molecule has 6 heteroatoms. The van der Waals surface area contributed by atoms with E-state index >= 15 is 0 Å². The molecule has 0 unspecified atom stereocenters. The van der Waals surface area contributed by atoms with E-state index in [2.05, 4.69) is 59.9 Å².